The van der Waals surface area contributed by atoms with Crippen molar-refractivity contribution in [3.63, 3.8) is 0 Å². The number of nitrogens with two attached hydrogens (primary N) is 1. The van der Waals surface area contributed by atoms with Gasteiger partial charge >= 0.3 is 5.97 Å². The van der Waals surface area contributed by atoms with Gasteiger partial charge in [0.25, 0.3) is 0 Å². The Balaban J connectivity index is 1.82. The number of esters is 1. The molecule has 0 unspecified atom stereocenters. The SMILES string of the molecule is CCCCOC(=O)COc1ccc2c(c1)CC[C@H]2N. The van der Waals surface area contributed by atoms with Gasteiger partial charge in [-0.3, -0.25) is 0 Å². The summed E-state index contributed by atoms with van der Waals surface area (Å²) in [4.78, 5) is 11.4. The maximum Gasteiger partial charge on any atom is 0.344 e. The average molecular weight is 263 g/mol. The average Bonchev–Trinajstić information content (AvgIpc) is 2.78. The molecule has 1 atom stereocenters. The van der Waals surface area contributed by atoms with Gasteiger partial charge in [-0.15, -0.1) is 0 Å². The summed E-state index contributed by atoms with van der Waals surface area (Å²) in [5.74, 6) is 0.394. The van der Waals surface area contributed by atoms with Crippen LogP contribution in [0, 0.1) is 0 Å². The molecule has 1 aliphatic rings. The van der Waals surface area contributed by atoms with Gasteiger partial charge in [-0.05, 0) is 42.5 Å². The highest BCUT2D eigenvalue weighted by Crippen LogP contribution is 2.31. The first-order valence-corrected chi connectivity index (χ1v) is 6.87. The molecule has 0 radical (unpaired) electrons. The van der Waals surface area contributed by atoms with Gasteiger partial charge in [0.1, 0.15) is 5.75 Å². The van der Waals surface area contributed by atoms with E-state index in [4.69, 9.17) is 15.2 Å². The highest BCUT2D eigenvalue weighted by Gasteiger charge is 2.19. The van der Waals surface area contributed by atoms with Gasteiger partial charge in [0.15, 0.2) is 6.61 Å². The number of fused-ring (bicyclic) bond motifs is 1. The molecular weight excluding hydrogens is 242 g/mol. The van der Waals surface area contributed by atoms with E-state index in [1.54, 1.807) is 0 Å². The summed E-state index contributed by atoms with van der Waals surface area (Å²) in [6, 6.07) is 5.97. The van der Waals surface area contributed by atoms with E-state index in [1.165, 1.54) is 11.1 Å². The third kappa shape index (κ3) is 3.70. The van der Waals surface area contributed by atoms with Crippen molar-refractivity contribution in [2.75, 3.05) is 13.2 Å². The van der Waals surface area contributed by atoms with E-state index in [0.717, 1.165) is 25.7 Å². The monoisotopic (exact) mass is 263 g/mol. The zero-order valence-electron chi connectivity index (χ0n) is 11.4. The highest BCUT2D eigenvalue weighted by atomic mass is 16.6. The molecule has 0 saturated heterocycles. The minimum atomic E-state index is -0.314. The Labute approximate surface area is 113 Å². The van der Waals surface area contributed by atoms with Gasteiger partial charge in [0, 0.05) is 6.04 Å². The van der Waals surface area contributed by atoms with Crippen LogP contribution in [0.1, 0.15) is 43.4 Å². The first kappa shape index (κ1) is 13.9. The van der Waals surface area contributed by atoms with Crippen LogP contribution in [-0.4, -0.2) is 19.2 Å². The molecule has 1 aliphatic carbocycles. The Morgan fingerprint density at radius 1 is 1.47 bits per heavy atom. The van der Waals surface area contributed by atoms with Crippen LogP contribution in [0.15, 0.2) is 18.2 Å². The van der Waals surface area contributed by atoms with Gasteiger partial charge in [-0.2, -0.15) is 0 Å². The standard InChI is InChI=1S/C15H21NO3/c1-2-3-8-18-15(17)10-19-12-5-6-13-11(9-12)4-7-14(13)16/h5-6,9,14H,2-4,7-8,10,16H2,1H3/t14-/m1/s1. The number of ether oxygens (including phenoxy) is 2. The smallest absolute Gasteiger partial charge is 0.344 e. The summed E-state index contributed by atoms with van der Waals surface area (Å²) < 4.78 is 10.5. The van der Waals surface area contributed by atoms with Crippen molar-refractivity contribution in [2.45, 2.75) is 38.6 Å². The van der Waals surface area contributed by atoms with Gasteiger partial charge in [0.2, 0.25) is 0 Å². The zero-order chi connectivity index (χ0) is 13.7. The summed E-state index contributed by atoms with van der Waals surface area (Å²) >= 11 is 0. The van der Waals surface area contributed by atoms with Crippen molar-refractivity contribution >= 4 is 5.97 Å². The number of aryl methyl sites for hydroxylation is 1. The van der Waals surface area contributed by atoms with Crippen LogP contribution in [0.5, 0.6) is 5.75 Å². The molecule has 4 heteroatoms. The number of carbonyl (C=O) groups excluding carboxylic acids is 1. The van der Waals surface area contributed by atoms with Crippen molar-refractivity contribution in [1.82, 2.24) is 0 Å². The normalized spacial score (nSPS) is 17.1. The molecule has 0 heterocycles. The van der Waals surface area contributed by atoms with Crippen molar-refractivity contribution in [3.05, 3.63) is 29.3 Å². The Morgan fingerprint density at radius 3 is 3.11 bits per heavy atom. The Morgan fingerprint density at radius 2 is 2.32 bits per heavy atom. The molecule has 2 N–H and O–H groups in total. The topological polar surface area (TPSA) is 61.5 Å². The number of hydrogen-bond donors (Lipinski definition) is 1. The molecule has 0 bridgehead atoms. The number of benzene rings is 1. The van der Waals surface area contributed by atoms with Crippen LogP contribution in [0.4, 0.5) is 0 Å². The predicted molar refractivity (Wildman–Crippen MR) is 73.1 cm³/mol. The van der Waals surface area contributed by atoms with Crippen molar-refractivity contribution in [2.24, 2.45) is 5.73 Å². The van der Waals surface area contributed by atoms with Crippen molar-refractivity contribution in [3.8, 4) is 5.75 Å². The molecule has 0 fully saturated rings. The fourth-order valence-electron chi connectivity index (χ4n) is 2.23. The second kappa shape index (κ2) is 6.57. The van der Waals surface area contributed by atoms with E-state index in [9.17, 15) is 4.79 Å². The molecule has 2 rings (SSSR count). The van der Waals surface area contributed by atoms with Crippen LogP contribution < -0.4 is 10.5 Å². The fraction of sp³-hybridized carbons (Fsp3) is 0.533. The van der Waals surface area contributed by atoms with Crippen molar-refractivity contribution < 1.29 is 14.3 Å². The van der Waals surface area contributed by atoms with Crippen LogP contribution >= 0.6 is 0 Å². The Bertz CT molecular complexity index is 445. The lowest BCUT2D eigenvalue weighted by Crippen LogP contribution is -2.15. The van der Waals surface area contributed by atoms with Gasteiger partial charge in [-0.25, -0.2) is 4.79 Å². The molecule has 4 nitrogen and oxygen atoms in total. The summed E-state index contributed by atoms with van der Waals surface area (Å²) in [5, 5.41) is 0. The van der Waals surface area contributed by atoms with Crippen molar-refractivity contribution in [1.29, 1.82) is 0 Å². The highest BCUT2D eigenvalue weighted by molar-refractivity contribution is 5.71. The molecule has 0 saturated carbocycles. The fourth-order valence-corrected chi connectivity index (χ4v) is 2.23. The molecule has 104 valence electrons. The molecular formula is C15H21NO3. The van der Waals surface area contributed by atoms with Crippen LogP contribution in [0.3, 0.4) is 0 Å². The summed E-state index contributed by atoms with van der Waals surface area (Å²) in [6.07, 6.45) is 3.87. The second-order valence-electron chi connectivity index (χ2n) is 4.87. The maximum atomic E-state index is 11.4. The minimum absolute atomic E-state index is 0.0332. The lowest BCUT2D eigenvalue weighted by atomic mass is 10.1. The van der Waals surface area contributed by atoms with Crippen LogP contribution in [-0.2, 0) is 16.0 Å². The van der Waals surface area contributed by atoms with Crippen LogP contribution in [0.25, 0.3) is 0 Å². The Hall–Kier alpha value is -1.55. The van der Waals surface area contributed by atoms with Gasteiger partial charge in [0.05, 0.1) is 6.61 Å². The van der Waals surface area contributed by atoms with Crippen LogP contribution in [0.2, 0.25) is 0 Å². The van der Waals surface area contributed by atoms with Gasteiger partial charge in [-0.1, -0.05) is 19.4 Å². The largest absolute Gasteiger partial charge is 0.482 e. The first-order valence-electron chi connectivity index (χ1n) is 6.87. The summed E-state index contributed by atoms with van der Waals surface area (Å²) in [5.41, 5.74) is 8.39. The number of carbonyl (C=O) groups is 1. The molecule has 0 amide bonds. The quantitative estimate of drug-likeness (QED) is 0.632. The minimum Gasteiger partial charge on any atom is -0.482 e. The van der Waals surface area contributed by atoms with E-state index in [-0.39, 0.29) is 18.6 Å². The lowest BCUT2D eigenvalue weighted by molar-refractivity contribution is -0.146. The predicted octanol–water partition coefficient (Wildman–Crippen LogP) is 2.35. The van der Waals surface area contributed by atoms with E-state index in [2.05, 4.69) is 6.92 Å². The molecule has 0 spiro atoms. The summed E-state index contributed by atoms with van der Waals surface area (Å²) in [7, 11) is 0. The number of unbranched alkanes of at least 4 members (excludes halogenated alkanes) is 1. The van der Waals surface area contributed by atoms with E-state index in [0.29, 0.717) is 12.4 Å². The number of rotatable bonds is 6. The van der Waals surface area contributed by atoms with Gasteiger partial charge < -0.3 is 15.2 Å². The van der Waals surface area contributed by atoms with E-state index < -0.39 is 0 Å². The molecule has 1 aromatic carbocycles. The molecule has 0 aliphatic heterocycles. The molecule has 19 heavy (non-hydrogen) atoms. The zero-order valence-corrected chi connectivity index (χ0v) is 11.4. The van der Waals surface area contributed by atoms with E-state index in [1.807, 2.05) is 18.2 Å². The molecule has 1 aromatic rings. The number of hydrogen-bond acceptors (Lipinski definition) is 4. The first-order chi connectivity index (χ1) is 9.20. The Kier molecular flexibility index (Phi) is 4.80. The summed E-state index contributed by atoms with van der Waals surface area (Å²) in [6.45, 7) is 2.49. The third-order valence-electron chi connectivity index (χ3n) is 3.36. The lowest BCUT2D eigenvalue weighted by Gasteiger charge is -2.09. The van der Waals surface area contributed by atoms with E-state index >= 15 is 0 Å². The third-order valence-corrected chi connectivity index (χ3v) is 3.36. The molecule has 0 aromatic heterocycles. The second-order valence-corrected chi connectivity index (χ2v) is 4.87. The maximum absolute atomic E-state index is 11.4.